The van der Waals surface area contributed by atoms with Crippen molar-refractivity contribution < 1.29 is 0 Å². The lowest BCUT2D eigenvalue weighted by molar-refractivity contribution is 0.389. The Labute approximate surface area is 108 Å². The molecule has 0 aromatic heterocycles. The van der Waals surface area contributed by atoms with Crippen LogP contribution in [-0.2, 0) is 12.0 Å². The predicted molar refractivity (Wildman–Crippen MR) is 73.7 cm³/mol. The largest absolute Gasteiger partial charge is 0.297 e. The first kappa shape index (κ1) is 10.3. The molecule has 2 aromatic rings. The molecule has 1 N–H and O–H groups in total. The van der Waals surface area contributed by atoms with Crippen molar-refractivity contribution in [3.8, 4) is 0 Å². The summed E-state index contributed by atoms with van der Waals surface area (Å²) in [6, 6.07) is 16.2. The van der Waals surface area contributed by atoms with Crippen molar-refractivity contribution in [2.75, 3.05) is 0 Å². The summed E-state index contributed by atoms with van der Waals surface area (Å²) in [7, 11) is 0. The van der Waals surface area contributed by atoms with Gasteiger partial charge < -0.3 is 0 Å². The van der Waals surface area contributed by atoms with Crippen molar-refractivity contribution in [3.05, 3.63) is 70.3 Å². The zero-order valence-corrected chi connectivity index (χ0v) is 10.8. The van der Waals surface area contributed by atoms with Crippen molar-refractivity contribution in [2.24, 2.45) is 0 Å². The molecule has 1 nitrogen and oxygen atoms in total. The Morgan fingerprint density at radius 2 is 1.94 bits per heavy atom. The average Bonchev–Trinajstić information content (AvgIpc) is 2.59. The molecule has 18 heavy (non-hydrogen) atoms. The van der Waals surface area contributed by atoms with Gasteiger partial charge in [-0.3, -0.25) is 5.32 Å². The minimum Gasteiger partial charge on any atom is -0.297 e. The van der Waals surface area contributed by atoms with Gasteiger partial charge in [0, 0.05) is 6.04 Å². The smallest absolute Gasteiger partial charge is 0.0672 e. The summed E-state index contributed by atoms with van der Waals surface area (Å²) in [5.74, 6) is 0. The first-order chi connectivity index (χ1) is 8.68. The van der Waals surface area contributed by atoms with Crippen molar-refractivity contribution >= 4 is 0 Å². The van der Waals surface area contributed by atoms with Gasteiger partial charge in [0.15, 0.2) is 0 Å². The van der Waals surface area contributed by atoms with Gasteiger partial charge in [-0.1, -0.05) is 48.0 Å². The van der Waals surface area contributed by atoms with Crippen molar-refractivity contribution in [1.29, 1.82) is 0 Å². The van der Waals surface area contributed by atoms with Crippen LogP contribution in [0.2, 0.25) is 0 Å². The van der Waals surface area contributed by atoms with Crippen LogP contribution < -0.4 is 5.32 Å². The summed E-state index contributed by atoms with van der Waals surface area (Å²) in [6.07, 6.45) is 1.11. The number of aryl methyl sites for hydroxylation is 1. The third kappa shape index (κ3) is 1.15. The van der Waals surface area contributed by atoms with E-state index >= 15 is 0 Å². The van der Waals surface area contributed by atoms with Crippen LogP contribution in [0, 0.1) is 6.92 Å². The quantitative estimate of drug-likeness (QED) is 0.737. The minimum atomic E-state index is 0.00252. The molecule has 2 atom stereocenters. The van der Waals surface area contributed by atoms with E-state index in [0.717, 1.165) is 6.42 Å². The third-order valence-electron chi connectivity index (χ3n) is 4.56. The molecular formula is C17H17N. The topological polar surface area (TPSA) is 12.0 Å². The first-order valence-electron chi connectivity index (χ1n) is 6.65. The van der Waals surface area contributed by atoms with E-state index in [2.05, 4.69) is 61.6 Å². The Kier molecular flexibility index (Phi) is 1.86. The first-order valence-corrected chi connectivity index (χ1v) is 6.65. The van der Waals surface area contributed by atoms with Crippen LogP contribution in [0.25, 0.3) is 0 Å². The summed E-state index contributed by atoms with van der Waals surface area (Å²) in [6.45, 7) is 4.50. The lowest BCUT2D eigenvalue weighted by Gasteiger charge is -2.34. The van der Waals surface area contributed by atoms with Gasteiger partial charge in [0.05, 0.1) is 5.54 Å². The van der Waals surface area contributed by atoms with Gasteiger partial charge in [-0.2, -0.15) is 0 Å². The maximum atomic E-state index is 3.82. The van der Waals surface area contributed by atoms with E-state index < -0.39 is 0 Å². The molecule has 0 unspecified atom stereocenters. The molecule has 2 bridgehead atoms. The van der Waals surface area contributed by atoms with E-state index in [4.69, 9.17) is 0 Å². The van der Waals surface area contributed by atoms with Crippen LogP contribution in [0.5, 0.6) is 0 Å². The van der Waals surface area contributed by atoms with Gasteiger partial charge in [0.2, 0.25) is 0 Å². The highest BCUT2D eigenvalue weighted by Gasteiger charge is 2.45. The van der Waals surface area contributed by atoms with Crippen molar-refractivity contribution in [3.63, 3.8) is 0 Å². The van der Waals surface area contributed by atoms with Crippen LogP contribution in [0.1, 0.15) is 40.8 Å². The van der Waals surface area contributed by atoms with E-state index in [1.165, 1.54) is 27.8 Å². The Balaban J connectivity index is 2.02. The molecule has 0 fully saturated rings. The van der Waals surface area contributed by atoms with E-state index in [1.807, 2.05) is 0 Å². The fraction of sp³-hybridized carbons (Fsp3) is 0.294. The van der Waals surface area contributed by atoms with Crippen molar-refractivity contribution in [2.45, 2.75) is 31.8 Å². The van der Waals surface area contributed by atoms with Crippen LogP contribution in [0.4, 0.5) is 0 Å². The zero-order chi connectivity index (χ0) is 12.3. The van der Waals surface area contributed by atoms with Gasteiger partial charge in [-0.05, 0) is 42.5 Å². The molecular weight excluding hydrogens is 218 g/mol. The number of hydrogen-bond acceptors (Lipinski definition) is 1. The van der Waals surface area contributed by atoms with Crippen LogP contribution in [0.15, 0.2) is 42.5 Å². The highest BCUT2D eigenvalue weighted by molar-refractivity contribution is 5.55. The lowest BCUT2D eigenvalue weighted by Crippen LogP contribution is -2.41. The summed E-state index contributed by atoms with van der Waals surface area (Å²) in [5.41, 5.74) is 7.26. The van der Waals surface area contributed by atoms with Gasteiger partial charge in [-0.25, -0.2) is 0 Å². The molecule has 1 heteroatoms. The van der Waals surface area contributed by atoms with E-state index in [0.29, 0.717) is 6.04 Å². The molecule has 0 amide bonds. The number of rotatable bonds is 0. The Bertz CT molecular complexity index is 644. The lowest BCUT2D eigenvalue weighted by atomic mass is 9.82. The molecule has 2 aliphatic rings. The zero-order valence-electron chi connectivity index (χ0n) is 10.8. The van der Waals surface area contributed by atoms with Gasteiger partial charge in [0.1, 0.15) is 0 Å². The predicted octanol–water partition coefficient (Wildman–Crippen LogP) is 3.46. The molecule has 90 valence electrons. The number of fused-ring (bicyclic) bond motifs is 7. The Morgan fingerprint density at radius 1 is 1.11 bits per heavy atom. The maximum absolute atomic E-state index is 3.82. The highest BCUT2D eigenvalue weighted by atomic mass is 15.1. The van der Waals surface area contributed by atoms with Crippen LogP contribution >= 0.6 is 0 Å². The molecule has 0 saturated carbocycles. The summed E-state index contributed by atoms with van der Waals surface area (Å²) < 4.78 is 0. The second-order valence-corrected chi connectivity index (χ2v) is 5.77. The van der Waals surface area contributed by atoms with Crippen molar-refractivity contribution in [1.82, 2.24) is 5.32 Å². The molecule has 0 aliphatic carbocycles. The van der Waals surface area contributed by atoms with E-state index in [9.17, 15) is 0 Å². The highest BCUT2D eigenvalue weighted by Crippen LogP contribution is 2.48. The third-order valence-corrected chi connectivity index (χ3v) is 4.56. The second-order valence-electron chi connectivity index (χ2n) is 5.77. The molecule has 2 heterocycles. The normalized spacial score (nSPS) is 27.8. The van der Waals surface area contributed by atoms with E-state index in [1.54, 1.807) is 0 Å². The Morgan fingerprint density at radius 3 is 2.83 bits per heavy atom. The Hall–Kier alpha value is -1.60. The number of hydrogen-bond donors (Lipinski definition) is 1. The fourth-order valence-electron chi connectivity index (χ4n) is 3.72. The van der Waals surface area contributed by atoms with Crippen LogP contribution in [0.3, 0.4) is 0 Å². The number of benzene rings is 2. The molecule has 2 aliphatic heterocycles. The fourth-order valence-corrected chi connectivity index (χ4v) is 3.72. The SMILES string of the molecule is Cc1ccc2c(c1)[C@H]1Cc3ccccc3[C@]2(C)N1. The molecule has 2 aromatic carbocycles. The van der Waals surface area contributed by atoms with Gasteiger partial charge in [-0.15, -0.1) is 0 Å². The maximum Gasteiger partial charge on any atom is 0.0672 e. The molecule has 4 rings (SSSR count). The van der Waals surface area contributed by atoms with Crippen LogP contribution in [-0.4, -0.2) is 0 Å². The molecule has 0 radical (unpaired) electrons. The summed E-state index contributed by atoms with van der Waals surface area (Å²) in [5, 5.41) is 3.82. The number of nitrogens with one attached hydrogen (secondary N) is 1. The second kappa shape index (κ2) is 3.24. The van der Waals surface area contributed by atoms with Gasteiger partial charge >= 0.3 is 0 Å². The monoisotopic (exact) mass is 235 g/mol. The molecule has 0 spiro atoms. The average molecular weight is 235 g/mol. The minimum absolute atomic E-state index is 0.00252. The van der Waals surface area contributed by atoms with E-state index in [-0.39, 0.29) is 5.54 Å². The molecule has 0 saturated heterocycles. The summed E-state index contributed by atoms with van der Waals surface area (Å²) >= 11 is 0. The summed E-state index contributed by atoms with van der Waals surface area (Å²) in [4.78, 5) is 0. The van der Waals surface area contributed by atoms with Gasteiger partial charge in [0.25, 0.3) is 0 Å². The standard InChI is InChI=1S/C17H17N/c1-11-7-8-15-13(9-11)16-10-12-5-3-4-6-14(12)17(15,2)18-16/h3-9,16,18H,10H2,1-2H3/t16-,17+/m1/s1.